The van der Waals surface area contributed by atoms with E-state index in [1.54, 1.807) is 16.7 Å². The van der Waals surface area contributed by atoms with E-state index in [0.29, 0.717) is 18.6 Å². The molecule has 2 aromatic heterocycles. The Bertz CT molecular complexity index is 918. The molecule has 0 aliphatic carbocycles. The first-order valence-electron chi connectivity index (χ1n) is 9.28. The minimum Gasteiger partial charge on any atom is -0.349 e. The maximum absolute atomic E-state index is 12.6. The minimum absolute atomic E-state index is 0.229. The molecule has 6 heteroatoms. The molecule has 0 radical (unpaired) electrons. The number of hydrogen-bond donors (Lipinski definition) is 2. The van der Waals surface area contributed by atoms with E-state index < -0.39 is 0 Å². The minimum atomic E-state index is -0.299. The number of carbonyl (C=O) groups excluding carboxylic acids is 2. The normalized spacial score (nSPS) is 10.7. The fraction of sp³-hybridized carbons (Fsp3) is 0.286. The van der Waals surface area contributed by atoms with Gasteiger partial charge in [0, 0.05) is 19.3 Å². The van der Waals surface area contributed by atoms with Crippen molar-refractivity contribution in [2.75, 3.05) is 6.54 Å². The molecule has 0 atom stereocenters. The first kappa shape index (κ1) is 18.6. The highest BCUT2D eigenvalue weighted by molar-refractivity contribution is 6.02. The molecule has 3 rings (SSSR count). The number of amides is 2. The van der Waals surface area contributed by atoms with Crippen molar-refractivity contribution in [2.24, 2.45) is 0 Å². The van der Waals surface area contributed by atoms with Gasteiger partial charge in [0.15, 0.2) is 5.69 Å². The second-order valence-electron chi connectivity index (χ2n) is 6.37. The van der Waals surface area contributed by atoms with Crippen LogP contribution in [0.15, 0.2) is 54.7 Å². The average Bonchev–Trinajstić information content (AvgIpc) is 3.10. The van der Waals surface area contributed by atoms with Crippen LogP contribution in [0.3, 0.4) is 0 Å². The van der Waals surface area contributed by atoms with Crippen molar-refractivity contribution >= 4 is 17.3 Å². The van der Waals surface area contributed by atoms with Crippen molar-refractivity contribution in [3.8, 4) is 0 Å². The van der Waals surface area contributed by atoms with Crippen molar-refractivity contribution in [1.29, 1.82) is 0 Å². The molecule has 0 fully saturated rings. The molecular formula is C21H24N4O2. The molecule has 0 aliphatic rings. The van der Waals surface area contributed by atoms with E-state index in [0.717, 1.165) is 24.8 Å². The summed E-state index contributed by atoms with van der Waals surface area (Å²) in [7, 11) is 0. The number of nitrogens with zero attached hydrogens (tertiary/aromatic N) is 2. The Balaban J connectivity index is 1.77. The van der Waals surface area contributed by atoms with Gasteiger partial charge in [-0.1, -0.05) is 56.2 Å². The molecule has 0 saturated carbocycles. The summed E-state index contributed by atoms with van der Waals surface area (Å²) in [6.45, 7) is 3.12. The molecule has 2 amide bonds. The summed E-state index contributed by atoms with van der Waals surface area (Å²) in [5.41, 5.74) is 1.87. The highest BCUT2D eigenvalue weighted by Gasteiger charge is 2.21. The smallest absolute Gasteiger partial charge is 0.287 e. The Morgan fingerprint density at radius 3 is 2.52 bits per heavy atom. The van der Waals surface area contributed by atoms with E-state index in [2.05, 4.69) is 22.5 Å². The van der Waals surface area contributed by atoms with Gasteiger partial charge in [-0.2, -0.15) is 0 Å². The van der Waals surface area contributed by atoms with Gasteiger partial charge in [-0.15, -0.1) is 0 Å². The molecule has 1 aromatic carbocycles. The van der Waals surface area contributed by atoms with Crippen LogP contribution in [-0.4, -0.2) is 27.7 Å². The zero-order chi connectivity index (χ0) is 19.1. The summed E-state index contributed by atoms with van der Waals surface area (Å²) in [5, 5.41) is 5.76. The molecule has 2 N–H and O–H groups in total. The molecule has 27 heavy (non-hydrogen) atoms. The highest BCUT2D eigenvalue weighted by atomic mass is 16.2. The van der Waals surface area contributed by atoms with Gasteiger partial charge >= 0.3 is 0 Å². The first-order valence-corrected chi connectivity index (χ1v) is 9.28. The zero-order valence-electron chi connectivity index (χ0n) is 15.4. The number of pyridine rings is 1. The number of benzene rings is 1. The molecule has 0 saturated heterocycles. The number of unbranched alkanes of at least 4 members (excludes halogenated alkanes) is 2. The lowest BCUT2D eigenvalue weighted by atomic mass is 10.2. The number of hydrogen-bond acceptors (Lipinski definition) is 3. The van der Waals surface area contributed by atoms with Gasteiger partial charge < -0.3 is 10.6 Å². The van der Waals surface area contributed by atoms with Gasteiger partial charge in [0.1, 0.15) is 0 Å². The maximum atomic E-state index is 12.6. The van der Waals surface area contributed by atoms with Crippen molar-refractivity contribution in [3.05, 3.63) is 71.8 Å². The Labute approximate surface area is 158 Å². The summed E-state index contributed by atoms with van der Waals surface area (Å²) in [4.78, 5) is 29.5. The lowest BCUT2D eigenvalue weighted by molar-refractivity contribution is 0.0941. The number of nitrogens with one attached hydrogen (secondary N) is 2. The Morgan fingerprint density at radius 1 is 0.963 bits per heavy atom. The van der Waals surface area contributed by atoms with E-state index in [1.807, 2.05) is 42.5 Å². The SMILES string of the molecule is CCCCCNC(=O)c1nc(C(=O)NCc2ccccc2)c2ccccn12. The summed E-state index contributed by atoms with van der Waals surface area (Å²) < 4.78 is 1.66. The second-order valence-corrected chi connectivity index (χ2v) is 6.37. The van der Waals surface area contributed by atoms with Crippen LogP contribution in [0.1, 0.15) is 52.9 Å². The quantitative estimate of drug-likeness (QED) is 0.603. The average molecular weight is 364 g/mol. The largest absolute Gasteiger partial charge is 0.349 e. The van der Waals surface area contributed by atoms with E-state index in [1.165, 1.54) is 0 Å². The zero-order valence-corrected chi connectivity index (χ0v) is 15.4. The lowest BCUT2D eigenvalue weighted by Crippen LogP contribution is -2.27. The Kier molecular flexibility index (Phi) is 6.20. The van der Waals surface area contributed by atoms with Gasteiger partial charge in [0.05, 0.1) is 5.52 Å². The standard InChI is InChI=1S/C21H24N4O2/c1-2-3-8-13-22-21(27)19-24-18(17-12-7-9-14-25(17)19)20(26)23-15-16-10-5-4-6-11-16/h4-7,9-12,14H,2-3,8,13,15H2,1H3,(H,22,27)(H,23,26). The van der Waals surface area contributed by atoms with E-state index in [9.17, 15) is 9.59 Å². The summed E-state index contributed by atoms with van der Waals surface area (Å²) >= 11 is 0. The van der Waals surface area contributed by atoms with Crippen LogP contribution < -0.4 is 10.6 Å². The van der Waals surface area contributed by atoms with Gasteiger partial charge in [-0.3, -0.25) is 14.0 Å². The molecule has 0 bridgehead atoms. The predicted octanol–water partition coefficient (Wildman–Crippen LogP) is 3.18. The fourth-order valence-electron chi connectivity index (χ4n) is 2.88. The first-order chi connectivity index (χ1) is 13.2. The van der Waals surface area contributed by atoms with Crippen LogP contribution in [0.4, 0.5) is 0 Å². The van der Waals surface area contributed by atoms with Crippen LogP contribution in [0, 0.1) is 0 Å². The van der Waals surface area contributed by atoms with Crippen LogP contribution in [0.2, 0.25) is 0 Å². The molecule has 0 aliphatic heterocycles. The Hall–Kier alpha value is -3.15. The van der Waals surface area contributed by atoms with Crippen molar-refractivity contribution in [1.82, 2.24) is 20.0 Å². The monoisotopic (exact) mass is 364 g/mol. The van der Waals surface area contributed by atoms with Crippen LogP contribution >= 0.6 is 0 Å². The topological polar surface area (TPSA) is 75.5 Å². The van der Waals surface area contributed by atoms with Crippen LogP contribution in [-0.2, 0) is 6.54 Å². The fourth-order valence-corrected chi connectivity index (χ4v) is 2.88. The number of imidazole rings is 1. The van der Waals surface area contributed by atoms with Crippen molar-refractivity contribution < 1.29 is 9.59 Å². The molecule has 140 valence electrons. The second kappa shape index (κ2) is 8.98. The van der Waals surface area contributed by atoms with Gasteiger partial charge in [0.25, 0.3) is 11.8 Å². The van der Waals surface area contributed by atoms with E-state index in [-0.39, 0.29) is 23.3 Å². The summed E-state index contributed by atoms with van der Waals surface area (Å²) in [6, 6.07) is 15.1. The maximum Gasteiger partial charge on any atom is 0.287 e. The number of rotatable bonds is 8. The van der Waals surface area contributed by atoms with Gasteiger partial charge in [0.2, 0.25) is 5.82 Å². The number of carbonyl (C=O) groups is 2. The van der Waals surface area contributed by atoms with E-state index in [4.69, 9.17) is 0 Å². The lowest BCUT2D eigenvalue weighted by Gasteiger charge is -2.03. The molecule has 3 aromatic rings. The van der Waals surface area contributed by atoms with E-state index >= 15 is 0 Å². The third-order valence-electron chi connectivity index (χ3n) is 4.33. The predicted molar refractivity (Wildman–Crippen MR) is 105 cm³/mol. The molecule has 0 spiro atoms. The van der Waals surface area contributed by atoms with Gasteiger partial charge in [-0.05, 0) is 24.1 Å². The summed E-state index contributed by atoms with van der Waals surface area (Å²) in [5.74, 6) is -0.339. The highest BCUT2D eigenvalue weighted by Crippen LogP contribution is 2.14. The molecule has 6 nitrogen and oxygen atoms in total. The Morgan fingerprint density at radius 2 is 1.74 bits per heavy atom. The van der Waals surface area contributed by atoms with Gasteiger partial charge in [-0.25, -0.2) is 4.98 Å². The molecule has 2 heterocycles. The van der Waals surface area contributed by atoms with Crippen molar-refractivity contribution in [2.45, 2.75) is 32.7 Å². The molecule has 0 unspecified atom stereocenters. The molecular weight excluding hydrogens is 340 g/mol. The summed E-state index contributed by atoms with van der Waals surface area (Å²) in [6.07, 6.45) is 4.83. The third-order valence-corrected chi connectivity index (χ3v) is 4.33. The number of aromatic nitrogens is 2. The number of fused-ring (bicyclic) bond motifs is 1. The van der Waals surface area contributed by atoms with Crippen LogP contribution in [0.25, 0.3) is 5.52 Å². The third kappa shape index (κ3) is 4.53. The van der Waals surface area contributed by atoms with Crippen LogP contribution in [0.5, 0.6) is 0 Å². The van der Waals surface area contributed by atoms with Crippen molar-refractivity contribution in [3.63, 3.8) is 0 Å².